The number of carbonyl (C=O) groups excluding carboxylic acids is 3. The first kappa shape index (κ1) is 37.2. The van der Waals surface area contributed by atoms with Gasteiger partial charge in [-0.1, -0.05) is 112 Å². The Balaban J connectivity index is 1.86. The summed E-state index contributed by atoms with van der Waals surface area (Å²) in [7, 11) is 0. The lowest BCUT2D eigenvalue weighted by atomic mass is 9.92. The monoisotopic (exact) mass is 646 g/mol. The van der Waals surface area contributed by atoms with E-state index in [1.54, 1.807) is 20.8 Å². The Morgan fingerprint density at radius 1 is 0.660 bits per heavy atom. The SMILES string of the molecule is CC(C)(C)CC(=O)OC(C(=O)NC(COCc1ccccc1)COCc1ccccc1)[C@H](Cc1ccccc1)NC(=O)OC(C)(C)C. The van der Waals surface area contributed by atoms with E-state index in [2.05, 4.69) is 10.6 Å². The molecule has 9 heteroatoms. The van der Waals surface area contributed by atoms with Crippen molar-refractivity contribution >= 4 is 18.0 Å². The molecule has 2 amide bonds. The Bertz CT molecular complexity index is 1320. The van der Waals surface area contributed by atoms with Gasteiger partial charge in [-0.2, -0.15) is 0 Å². The Morgan fingerprint density at radius 2 is 1.13 bits per heavy atom. The van der Waals surface area contributed by atoms with Gasteiger partial charge in [0.2, 0.25) is 6.10 Å². The predicted octanol–water partition coefficient (Wildman–Crippen LogP) is 6.39. The number of hydrogen-bond donors (Lipinski definition) is 2. The molecular formula is C38H50N2O7. The van der Waals surface area contributed by atoms with Crippen molar-refractivity contribution in [2.24, 2.45) is 5.41 Å². The number of carbonyl (C=O) groups is 3. The van der Waals surface area contributed by atoms with Gasteiger partial charge in [0.15, 0.2) is 0 Å². The van der Waals surface area contributed by atoms with Crippen molar-refractivity contribution in [3.8, 4) is 0 Å². The molecular weight excluding hydrogens is 596 g/mol. The van der Waals surface area contributed by atoms with Gasteiger partial charge < -0.3 is 29.6 Å². The Labute approximate surface area is 279 Å². The van der Waals surface area contributed by atoms with Crippen molar-refractivity contribution in [2.75, 3.05) is 13.2 Å². The van der Waals surface area contributed by atoms with Gasteiger partial charge in [0.1, 0.15) is 5.60 Å². The molecule has 0 aliphatic rings. The van der Waals surface area contributed by atoms with Crippen LogP contribution in [0.4, 0.5) is 4.79 Å². The molecule has 3 aromatic carbocycles. The van der Waals surface area contributed by atoms with Crippen molar-refractivity contribution in [3.05, 3.63) is 108 Å². The Kier molecular flexibility index (Phi) is 14.4. The zero-order chi connectivity index (χ0) is 34.3. The summed E-state index contributed by atoms with van der Waals surface area (Å²) in [5.74, 6) is -1.14. The molecule has 3 aromatic rings. The summed E-state index contributed by atoms with van der Waals surface area (Å²) < 4.78 is 23.4. The molecule has 2 N–H and O–H groups in total. The van der Waals surface area contributed by atoms with Crippen LogP contribution < -0.4 is 10.6 Å². The van der Waals surface area contributed by atoms with E-state index in [0.29, 0.717) is 13.2 Å². The zero-order valence-corrected chi connectivity index (χ0v) is 28.5. The van der Waals surface area contributed by atoms with Gasteiger partial charge in [-0.25, -0.2) is 4.79 Å². The van der Waals surface area contributed by atoms with Crippen LogP contribution in [0.15, 0.2) is 91.0 Å². The van der Waals surface area contributed by atoms with Gasteiger partial charge in [0.05, 0.1) is 44.9 Å². The second-order valence-electron chi connectivity index (χ2n) is 13.8. The number of benzene rings is 3. The molecule has 0 fully saturated rings. The quantitative estimate of drug-likeness (QED) is 0.174. The molecule has 0 bridgehead atoms. The summed E-state index contributed by atoms with van der Waals surface area (Å²) in [5, 5.41) is 5.80. The van der Waals surface area contributed by atoms with E-state index in [0.717, 1.165) is 16.7 Å². The van der Waals surface area contributed by atoms with Crippen molar-refractivity contribution in [3.63, 3.8) is 0 Å². The summed E-state index contributed by atoms with van der Waals surface area (Å²) in [5.41, 5.74) is 1.65. The highest BCUT2D eigenvalue weighted by atomic mass is 16.6. The number of amides is 2. The lowest BCUT2D eigenvalue weighted by Gasteiger charge is -2.31. The number of esters is 1. The largest absolute Gasteiger partial charge is 0.450 e. The average molecular weight is 647 g/mol. The molecule has 0 aliphatic heterocycles. The fourth-order valence-electron chi connectivity index (χ4n) is 4.70. The molecule has 0 radical (unpaired) electrons. The zero-order valence-electron chi connectivity index (χ0n) is 28.5. The van der Waals surface area contributed by atoms with Crippen molar-refractivity contribution < 1.29 is 33.3 Å². The van der Waals surface area contributed by atoms with Crippen molar-refractivity contribution in [1.29, 1.82) is 0 Å². The van der Waals surface area contributed by atoms with Crippen LogP contribution in [0, 0.1) is 5.41 Å². The maximum absolute atomic E-state index is 14.1. The normalized spacial score (nSPS) is 13.0. The highest BCUT2D eigenvalue weighted by Crippen LogP contribution is 2.21. The molecule has 47 heavy (non-hydrogen) atoms. The summed E-state index contributed by atoms with van der Waals surface area (Å²) >= 11 is 0. The van der Waals surface area contributed by atoms with Crippen molar-refractivity contribution in [2.45, 2.75) is 91.4 Å². The van der Waals surface area contributed by atoms with E-state index in [1.807, 2.05) is 112 Å². The number of hydrogen-bond acceptors (Lipinski definition) is 7. The van der Waals surface area contributed by atoms with E-state index in [1.165, 1.54) is 0 Å². The van der Waals surface area contributed by atoms with Crippen LogP contribution in [0.25, 0.3) is 0 Å². The van der Waals surface area contributed by atoms with Crippen LogP contribution in [0.2, 0.25) is 0 Å². The fourth-order valence-corrected chi connectivity index (χ4v) is 4.70. The van der Waals surface area contributed by atoms with Crippen molar-refractivity contribution in [1.82, 2.24) is 10.6 Å². The van der Waals surface area contributed by atoms with Crippen LogP contribution in [0.3, 0.4) is 0 Å². The minimum Gasteiger partial charge on any atom is -0.450 e. The van der Waals surface area contributed by atoms with Crippen LogP contribution in [-0.2, 0) is 48.2 Å². The minimum atomic E-state index is -1.37. The third-order valence-corrected chi connectivity index (χ3v) is 6.77. The maximum Gasteiger partial charge on any atom is 0.408 e. The topological polar surface area (TPSA) is 112 Å². The lowest BCUT2D eigenvalue weighted by Crippen LogP contribution is -2.56. The smallest absolute Gasteiger partial charge is 0.408 e. The summed E-state index contributed by atoms with van der Waals surface area (Å²) in [6, 6.07) is 27.3. The first-order valence-corrected chi connectivity index (χ1v) is 16.0. The third kappa shape index (κ3) is 15.3. The van der Waals surface area contributed by atoms with E-state index < -0.39 is 41.8 Å². The maximum atomic E-state index is 14.1. The van der Waals surface area contributed by atoms with Gasteiger partial charge in [-0.3, -0.25) is 9.59 Å². The minimum absolute atomic E-state index is 0.0745. The summed E-state index contributed by atoms with van der Waals surface area (Å²) in [4.78, 5) is 40.4. The first-order valence-electron chi connectivity index (χ1n) is 16.0. The Hall–Kier alpha value is -4.21. The second-order valence-corrected chi connectivity index (χ2v) is 13.8. The number of rotatable bonds is 16. The molecule has 9 nitrogen and oxygen atoms in total. The highest BCUT2D eigenvalue weighted by molar-refractivity contribution is 5.85. The van der Waals surface area contributed by atoms with E-state index in [4.69, 9.17) is 18.9 Å². The molecule has 0 saturated heterocycles. The van der Waals surface area contributed by atoms with Gasteiger partial charge in [0, 0.05) is 0 Å². The fraction of sp³-hybridized carbons (Fsp3) is 0.447. The number of alkyl carbamates (subject to hydrolysis) is 1. The molecule has 0 aromatic heterocycles. The molecule has 0 spiro atoms. The van der Waals surface area contributed by atoms with Gasteiger partial charge in [-0.15, -0.1) is 0 Å². The average Bonchev–Trinajstić information content (AvgIpc) is 2.99. The van der Waals surface area contributed by atoms with E-state index in [9.17, 15) is 14.4 Å². The molecule has 0 saturated carbocycles. The number of ether oxygens (including phenoxy) is 4. The first-order chi connectivity index (χ1) is 22.3. The van der Waals surface area contributed by atoms with Gasteiger partial charge in [0.25, 0.3) is 5.91 Å². The van der Waals surface area contributed by atoms with E-state index >= 15 is 0 Å². The van der Waals surface area contributed by atoms with Gasteiger partial charge >= 0.3 is 12.1 Å². The van der Waals surface area contributed by atoms with Crippen LogP contribution in [0.1, 0.15) is 64.7 Å². The van der Waals surface area contributed by atoms with E-state index in [-0.39, 0.29) is 31.5 Å². The Morgan fingerprint density at radius 3 is 1.57 bits per heavy atom. The summed E-state index contributed by atoms with van der Waals surface area (Å²) in [6.07, 6.45) is -1.81. The van der Waals surface area contributed by atoms with Gasteiger partial charge in [-0.05, 0) is 49.3 Å². The lowest BCUT2D eigenvalue weighted by molar-refractivity contribution is -0.160. The number of nitrogens with one attached hydrogen (secondary N) is 2. The van der Waals surface area contributed by atoms with Crippen LogP contribution in [-0.4, -0.2) is 55.0 Å². The predicted molar refractivity (Wildman–Crippen MR) is 181 cm³/mol. The molecule has 1 unspecified atom stereocenters. The summed E-state index contributed by atoms with van der Waals surface area (Å²) in [6.45, 7) is 11.9. The molecule has 2 atom stereocenters. The molecule has 0 aliphatic carbocycles. The third-order valence-electron chi connectivity index (χ3n) is 6.77. The molecule has 254 valence electrons. The van der Waals surface area contributed by atoms with Crippen LogP contribution in [0.5, 0.6) is 0 Å². The highest BCUT2D eigenvalue weighted by Gasteiger charge is 2.36. The standard InChI is InChI=1S/C38H50N2O7/c1-37(2,3)23-33(41)46-34(32(22-28-16-10-7-11-17-28)40-36(43)47-38(4,5)6)35(42)39-31(26-44-24-29-18-12-8-13-19-29)27-45-25-30-20-14-9-15-21-30/h7-21,31-32,34H,22-27H2,1-6H3,(H,39,42)(H,40,43)/t32-,34?/m0/s1. The second kappa shape index (κ2) is 18.2. The van der Waals surface area contributed by atoms with Crippen LogP contribution >= 0.6 is 0 Å². The molecule has 3 rings (SSSR count). The molecule has 0 heterocycles.